The first-order valence-electron chi connectivity index (χ1n) is 10.6. The number of amides is 1. The molecule has 0 radical (unpaired) electrons. The highest BCUT2D eigenvalue weighted by Crippen LogP contribution is 2.52. The average Bonchev–Trinajstić information content (AvgIpc) is 3.57. The van der Waals surface area contributed by atoms with Crippen LogP contribution in [-0.2, 0) is 10.2 Å². The summed E-state index contributed by atoms with van der Waals surface area (Å²) in [5.41, 5.74) is 2.38. The van der Waals surface area contributed by atoms with Crippen LogP contribution in [-0.4, -0.2) is 36.1 Å². The largest absolute Gasteiger partial charge is 0.586 e. The van der Waals surface area contributed by atoms with E-state index in [-0.39, 0.29) is 22.9 Å². The lowest BCUT2D eigenvalue weighted by Crippen LogP contribution is -2.28. The van der Waals surface area contributed by atoms with Crippen molar-refractivity contribution in [3.63, 3.8) is 0 Å². The number of carbonyl (C=O) groups excluding carboxylic acids is 2. The van der Waals surface area contributed by atoms with Crippen LogP contribution in [0.25, 0.3) is 11.3 Å². The maximum atomic E-state index is 13.4. The monoisotopic (exact) mass is 484 g/mol. The highest BCUT2D eigenvalue weighted by atomic mass is 19.3. The van der Waals surface area contributed by atoms with Crippen molar-refractivity contribution in [1.29, 1.82) is 0 Å². The highest BCUT2D eigenvalue weighted by Gasteiger charge is 2.53. The summed E-state index contributed by atoms with van der Waals surface area (Å²) in [6.07, 6.45) is -1.86. The van der Waals surface area contributed by atoms with Crippen molar-refractivity contribution in [1.82, 2.24) is 4.98 Å². The van der Waals surface area contributed by atoms with Crippen LogP contribution in [0.4, 0.5) is 14.6 Å². The van der Waals surface area contributed by atoms with E-state index >= 15 is 0 Å². The molecule has 35 heavy (non-hydrogen) atoms. The van der Waals surface area contributed by atoms with Gasteiger partial charge in [0, 0.05) is 5.56 Å². The van der Waals surface area contributed by atoms with Crippen molar-refractivity contribution < 1.29 is 38.1 Å². The number of fused-ring (bicyclic) bond motifs is 1. The van der Waals surface area contributed by atoms with E-state index < -0.39 is 11.7 Å². The summed E-state index contributed by atoms with van der Waals surface area (Å²) in [5.74, 6) is 0.334. The Morgan fingerprint density at radius 3 is 2.51 bits per heavy atom. The number of aromatic nitrogens is 1. The quantitative estimate of drug-likeness (QED) is 0.528. The molecule has 1 fully saturated rings. The van der Waals surface area contributed by atoms with Gasteiger partial charge in [-0.3, -0.25) is 9.59 Å². The second kappa shape index (κ2) is 8.62. The second-order valence-corrected chi connectivity index (χ2v) is 8.30. The summed E-state index contributed by atoms with van der Waals surface area (Å²) in [6, 6.07) is 13.1. The van der Waals surface area contributed by atoms with E-state index in [1.807, 2.05) is 13.0 Å². The Labute approximate surface area is 199 Å². The van der Waals surface area contributed by atoms with Crippen LogP contribution in [0.15, 0.2) is 48.5 Å². The van der Waals surface area contributed by atoms with Crippen LogP contribution in [0.1, 0.15) is 34.3 Å². The molecule has 1 saturated carbocycles. The predicted molar refractivity (Wildman–Crippen MR) is 122 cm³/mol. The van der Waals surface area contributed by atoms with Gasteiger partial charge in [0.1, 0.15) is 11.6 Å². The number of anilines is 1. The van der Waals surface area contributed by atoms with Crippen molar-refractivity contribution in [3.05, 3.63) is 65.2 Å². The van der Waals surface area contributed by atoms with Crippen molar-refractivity contribution in [2.75, 3.05) is 12.4 Å². The molecule has 8 nitrogen and oxygen atoms in total. The Morgan fingerprint density at radius 2 is 1.83 bits per heavy atom. The SMILES string of the molecule is COc1cc(-c2nc(NC(=O)C3(c4ccc5c(c4)OC(F)(F)O5)CC3)ccc2C)ccc1C=O.O. The number of rotatable bonds is 6. The lowest BCUT2D eigenvalue weighted by Gasteiger charge is -2.17. The lowest BCUT2D eigenvalue weighted by atomic mass is 9.94. The number of pyridine rings is 1. The number of hydrogen-bond acceptors (Lipinski definition) is 6. The molecule has 2 heterocycles. The predicted octanol–water partition coefficient (Wildman–Crippen LogP) is 4.05. The van der Waals surface area contributed by atoms with Gasteiger partial charge in [-0.15, -0.1) is 8.78 Å². The lowest BCUT2D eigenvalue weighted by molar-refractivity contribution is -0.286. The standard InChI is InChI=1S/C25H20F2N2O5.H2O/c1-14-3-8-21(28-22(14)15-4-5-16(13-30)19(11-15)32-2)29-23(31)24(9-10-24)17-6-7-18-20(12-17)34-25(26,27)33-18;/h3-8,11-13H,9-10H2,1-2H3,(H,28,29,31);1H2. The summed E-state index contributed by atoms with van der Waals surface area (Å²) in [7, 11) is 1.48. The molecule has 10 heteroatoms. The number of alkyl halides is 2. The average molecular weight is 484 g/mol. The van der Waals surface area contributed by atoms with Gasteiger partial charge in [-0.05, 0) is 61.2 Å². The summed E-state index contributed by atoms with van der Waals surface area (Å²) in [6.45, 7) is 1.89. The number of halogens is 2. The normalized spacial score (nSPS) is 16.1. The second-order valence-electron chi connectivity index (χ2n) is 8.30. The Morgan fingerprint density at radius 1 is 1.09 bits per heavy atom. The number of ether oxygens (including phenoxy) is 3. The van der Waals surface area contributed by atoms with Crippen LogP contribution < -0.4 is 19.5 Å². The highest BCUT2D eigenvalue weighted by molar-refractivity contribution is 6.01. The zero-order chi connectivity index (χ0) is 24.1. The van der Waals surface area contributed by atoms with Crippen LogP contribution in [0.3, 0.4) is 0 Å². The molecule has 1 amide bonds. The number of methoxy groups -OCH3 is 1. The Balaban J connectivity index is 0.00000289. The fourth-order valence-corrected chi connectivity index (χ4v) is 4.10. The third-order valence-corrected chi connectivity index (χ3v) is 6.11. The molecule has 0 saturated heterocycles. The Hall–Kier alpha value is -4.05. The maximum Gasteiger partial charge on any atom is 0.586 e. The zero-order valence-corrected chi connectivity index (χ0v) is 18.9. The van der Waals surface area contributed by atoms with E-state index in [2.05, 4.69) is 19.8 Å². The van der Waals surface area contributed by atoms with E-state index in [1.165, 1.54) is 19.2 Å². The molecule has 3 N–H and O–H groups in total. The van der Waals surface area contributed by atoms with Gasteiger partial charge in [-0.2, -0.15) is 0 Å². The zero-order valence-electron chi connectivity index (χ0n) is 18.9. The number of aldehydes is 1. The number of hydrogen-bond donors (Lipinski definition) is 1. The van der Waals surface area contributed by atoms with Crippen LogP contribution in [0.2, 0.25) is 0 Å². The Kier molecular flexibility index (Phi) is 5.93. The summed E-state index contributed by atoms with van der Waals surface area (Å²) >= 11 is 0. The smallest absolute Gasteiger partial charge is 0.496 e. The van der Waals surface area contributed by atoms with Gasteiger partial charge in [-0.1, -0.05) is 18.2 Å². The molecule has 2 aromatic carbocycles. The minimum Gasteiger partial charge on any atom is -0.496 e. The number of nitrogens with one attached hydrogen (secondary N) is 1. The van der Waals surface area contributed by atoms with Gasteiger partial charge in [0.05, 0.1) is 23.8 Å². The van der Waals surface area contributed by atoms with Gasteiger partial charge in [0.15, 0.2) is 17.8 Å². The number of aryl methyl sites for hydroxylation is 1. The van der Waals surface area contributed by atoms with Gasteiger partial charge in [-0.25, -0.2) is 4.98 Å². The molecule has 0 bridgehead atoms. The van der Waals surface area contributed by atoms with Crippen LogP contribution >= 0.6 is 0 Å². The van der Waals surface area contributed by atoms with Gasteiger partial charge >= 0.3 is 6.29 Å². The molecule has 3 aromatic rings. The first-order chi connectivity index (χ1) is 16.2. The Bertz CT molecular complexity index is 1320. The molecular formula is C25H22F2N2O6. The van der Waals surface area contributed by atoms with E-state index in [0.717, 1.165) is 11.1 Å². The van der Waals surface area contributed by atoms with E-state index in [0.29, 0.717) is 47.5 Å². The number of benzene rings is 2. The fraction of sp³-hybridized carbons (Fsp3) is 0.240. The third-order valence-electron chi connectivity index (χ3n) is 6.11. The van der Waals surface area contributed by atoms with Crippen LogP contribution in [0.5, 0.6) is 17.2 Å². The molecule has 1 aromatic heterocycles. The molecule has 1 aliphatic heterocycles. The topological polar surface area (TPSA) is 118 Å². The molecular weight excluding hydrogens is 462 g/mol. The molecule has 5 rings (SSSR count). The van der Waals surface area contributed by atoms with Crippen molar-refractivity contribution >= 4 is 18.0 Å². The van der Waals surface area contributed by atoms with Crippen molar-refractivity contribution in [2.45, 2.75) is 31.5 Å². The number of nitrogens with zero attached hydrogens (tertiary/aromatic N) is 1. The van der Waals surface area contributed by atoms with E-state index in [9.17, 15) is 18.4 Å². The molecule has 0 unspecified atom stereocenters. The fourth-order valence-electron chi connectivity index (χ4n) is 4.10. The van der Waals surface area contributed by atoms with Gasteiger partial charge in [0.2, 0.25) is 5.91 Å². The van der Waals surface area contributed by atoms with E-state index in [4.69, 9.17) is 4.74 Å². The van der Waals surface area contributed by atoms with Gasteiger partial charge in [0.25, 0.3) is 0 Å². The molecule has 1 aliphatic carbocycles. The number of carbonyl (C=O) groups is 2. The maximum absolute atomic E-state index is 13.4. The molecule has 182 valence electrons. The minimum absolute atomic E-state index is 0. The summed E-state index contributed by atoms with van der Waals surface area (Å²) in [5, 5.41) is 2.86. The summed E-state index contributed by atoms with van der Waals surface area (Å²) in [4.78, 5) is 29.0. The molecule has 2 aliphatic rings. The van der Waals surface area contributed by atoms with Gasteiger partial charge < -0.3 is 25.0 Å². The van der Waals surface area contributed by atoms with Crippen molar-refractivity contribution in [3.8, 4) is 28.5 Å². The third kappa shape index (κ3) is 4.28. The summed E-state index contributed by atoms with van der Waals surface area (Å²) < 4.78 is 41.0. The van der Waals surface area contributed by atoms with Crippen molar-refractivity contribution in [2.24, 2.45) is 0 Å². The first-order valence-corrected chi connectivity index (χ1v) is 10.6. The minimum atomic E-state index is -3.71. The van der Waals surface area contributed by atoms with Crippen LogP contribution in [0, 0.1) is 6.92 Å². The molecule has 0 atom stereocenters. The molecule has 0 spiro atoms. The first kappa shape index (κ1) is 24.1. The van der Waals surface area contributed by atoms with E-state index in [1.54, 1.807) is 30.3 Å².